The number of aliphatic carboxylic acids is 2. The lowest BCUT2D eigenvalue weighted by Crippen LogP contribution is -2.54. The van der Waals surface area contributed by atoms with Crippen LogP contribution < -0.4 is 26.6 Å². The van der Waals surface area contributed by atoms with Crippen molar-refractivity contribution in [1.29, 1.82) is 0 Å². The van der Waals surface area contributed by atoms with Gasteiger partial charge in [-0.05, 0) is 62.1 Å². The average Bonchev–Trinajstić information content (AvgIpc) is 2.97. The Labute approximate surface area is 249 Å². The summed E-state index contributed by atoms with van der Waals surface area (Å²) in [6, 6.07) is 19.7. The van der Waals surface area contributed by atoms with Crippen molar-refractivity contribution in [3.8, 4) is 0 Å². The summed E-state index contributed by atoms with van der Waals surface area (Å²) in [5, 5.41) is 34.6. The monoisotopic (exact) mass is 581 g/mol. The maximum atomic E-state index is 9.34. The molecule has 0 aliphatic heterocycles. The molecule has 0 fully saturated rings. The summed E-state index contributed by atoms with van der Waals surface area (Å²) in [5.74, 6) is -2.87. The van der Waals surface area contributed by atoms with Crippen molar-refractivity contribution >= 4 is 23.2 Å². The van der Waals surface area contributed by atoms with Crippen LogP contribution in [-0.2, 0) is 9.59 Å². The highest BCUT2D eigenvalue weighted by molar-refractivity contribution is 5.86. The predicted molar refractivity (Wildman–Crippen MR) is 161 cm³/mol. The molecule has 230 valence electrons. The third-order valence-electron chi connectivity index (χ3n) is 6.79. The van der Waals surface area contributed by atoms with Crippen LogP contribution in [0, 0.1) is 5.41 Å². The number of aliphatic hydroxyl groups excluding tert-OH is 2. The summed E-state index contributed by atoms with van der Waals surface area (Å²) in [6.45, 7) is 10.6. The SMILES string of the molecule is CC(O)C(=O)[O-].CC(O)C(=O)[O-].CCN(CC)c1ccc(C(=C2C=CC(CC[NH3+])(CC[NH3+])C=C2)c2ccccc2)cc1. The first-order valence-corrected chi connectivity index (χ1v) is 14.3. The van der Waals surface area contributed by atoms with Crippen molar-refractivity contribution < 1.29 is 41.5 Å². The molecule has 2 aromatic rings. The molecule has 2 unspecified atom stereocenters. The number of hydrogen-bond acceptors (Lipinski definition) is 7. The van der Waals surface area contributed by atoms with Gasteiger partial charge in [0.2, 0.25) is 0 Å². The number of carbonyl (C=O) groups excluding carboxylic acids is 2. The Morgan fingerprint density at radius 1 is 0.786 bits per heavy atom. The molecule has 1 aliphatic carbocycles. The quantitative estimate of drug-likeness (QED) is 0.287. The van der Waals surface area contributed by atoms with E-state index in [2.05, 4.69) is 109 Å². The fourth-order valence-corrected chi connectivity index (χ4v) is 4.44. The molecule has 0 saturated carbocycles. The van der Waals surface area contributed by atoms with Gasteiger partial charge in [0.25, 0.3) is 0 Å². The number of carbonyl (C=O) groups is 2. The number of allylic oxidation sites excluding steroid dienone is 5. The van der Waals surface area contributed by atoms with Gasteiger partial charge in [0.1, 0.15) is 0 Å². The predicted octanol–water partition coefficient (Wildman–Crippen LogP) is -0.0547. The molecule has 2 aromatic carbocycles. The van der Waals surface area contributed by atoms with Gasteiger partial charge in [0, 0.05) is 37.0 Å². The van der Waals surface area contributed by atoms with Crippen LogP contribution in [0.4, 0.5) is 5.69 Å². The molecule has 0 radical (unpaired) electrons. The lowest BCUT2D eigenvalue weighted by Gasteiger charge is -2.28. The van der Waals surface area contributed by atoms with Gasteiger partial charge in [0.05, 0.1) is 37.2 Å². The van der Waals surface area contributed by atoms with E-state index >= 15 is 0 Å². The molecule has 1 aliphatic rings. The molecule has 0 aromatic heterocycles. The minimum absolute atomic E-state index is 0.0986. The number of quaternary nitrogens is 2. The average molecular weight is 582 g/mol. The summed E-state index contributed by atoms with van der Waals surface area (Å²) in [4.78, 5) is 21.1. The summed E-state index contributed by atoms with van der Waals surface area (Å²) in [7, 11) is 0. The van der Waals surface area contributed by atoms with Crippen LogP contribution >= 0.6 is 0 Å². The first-order chi connectivity index (χ1) is 19.9. The van der Waals surface area contributed by atoms with Gasteiger partial charge in [-0.2, -0.15) is 0 Å². The van der Waals surface area contributed by atoms with Crippen LogP contribution in [0.15, 0.2) is 84.5 Å². The van der Waals surface area contributed by atoms with Gasteiger partial charge >= 0.3 is 0 Å². The fraction of sp³-hybridized carbons (Fsp3) is 0.394. The molecule has 3 rings (SSSR count). The number of hydrogen-bond donors (Lipinski definition) is 4. The van der Waals surface area contributed by atoms with Crippen molar-refractivity contribution in [2.75, 3.05) is 31.1 Å². The number of aliphatic hydroxyl groups is 2. The molecule has 8 N–H and O–H groups in total. The van der Waals surface area contributed by atoms with E-state index in [4.69, 9.17) is 10.2 Å². The Bertz CT molecular complexity index is 1140. The van der Waals surface area contributed by atoms with Crippen LogP contribution in [0.1, 0.15) is 51.7 Å². The summed E-state index contributed by atoms with van der Waals surface area (Å²) in [6.07, 6.45) is 8.84. The van der Waals surface area contributed by atoms with Crippen LogP contribution in [-0.4, -0.2) is 60.5 Å². The second-order valence-electron chi connectivity index (χ2n) is 10.0. The number of carboxylic acid groups (broad SMARTS) is 2. The lowest BCUT2D eigenvalue weighted by molar-refractivity contribution is -0.379. The molecule has 9 heteroatoms. The van der Waals surface area contributed by atoms with E-state index in [-0.39, 0.29) is 5.41 Å². The molecule has 9 nitrogen and oxygen atoms in total. The maximum Gasteiger partial charge on any atom is 0.0905 e. The summed E-state index contributed by atoms with van der Waals surface area (Å²) >= 11 is 0. The van der Waals surface area contributed by atoms with E-state index < -0.39 is 24.1 Å². The van der Waals surface area contributed by atoms with Gasteiger partial charge in [-0.15, -0.1) is 0 Å². The first-order valence-electron chi connectivity index (χ1n) is 14.3. The Hall–Kier alpha value is -3.76. The zero-order valence-electron chi connectivity index (χ0n) is 25.3. The third-order valence-corrected chi connectivity index (χ3v) is 6.79. The van der Waals surface area contributed by atoms with Gasteiger partial charge in [-0.3, -0.25) is 0 Å². The number of nitrogens with zero attached hydrogens (tertiary/aromatic N) is 1. The van der Waals surface area contributed by atoms with E-state index in [1.54, 1.807) is 0 Å². The Morgan fingerprint density at radius 3 is 1.55 bits per heavy atom. The molecular formula is C33H47N3O6. The van der Waals surface area contributed by atoms with Crippen molar-refractivity contribution in [2.45, 2.75) is 52.7 Å². The Balaban J connectivity index is 0.000000618. The topological polar surface area (TPSA) is 179 Å². The van der Waals surface area contributed by atoms with Crippen LogP contribution in [0.25, 0.3) is 5.57 Å². The zero-order chi connectivity index (χ0) is 31.7. The lowest BCUT2D eigenvalue weighted by atomic mass is 9.76. The molecule has 0 spiro atoms. The normalized spacial score (nSPS) is 14.4. The van der Waals surface area contributed by atoms with Gasteiger partial charge < -0.3 is 46.4 Å². The van der Waals surface area contributed by atoms with E-state index in [9.17, 15) is 19.8 Å². The van der Waals surface area contributed by atoms with Gasteiger partial charge in [-0.25, -0.2) is 0 Å². The Morgan fingerprint density at radius 2 is 1.19 bits per heavy atom. The number of rotatable bonds is 11. The molecule has 0 bridgehead atoms. The Kier molecular flexibility index (Phi) is 16.1. The van der Waals surface area contributed by atoms with E-state index in [0.717, 1.165) is 52.9 Å². The van der Waals surface area contributed by atoms with Crippen molar-refractivity contribution in [3.63, 3.8) is 0 Å². The minimum Gasteiger partial charge on any atom is -0.547 e. The zero-order valence-corrected chi connectivity index (χ0v) is 25.3. The molecule has 0 heterocycles. The largest absolute Gasteiger partial charge is 0.547 e. The number of carboxylic acids is 2. The second-order valence-corrected chi connectivity index (χ2v) is 10.0. The van der Waals surface area contributed by atoms with Crippen molar-refractivity contribution in [1.82, 2.24) is 0 Å². The van der Waals surface area contributed by atoms with E-state index in [1.165, 1.54) is 28.0 Å². The molecule has 0 amide bonds. The van der Waals surface area contributed by atoms with Gasteiger partial charge in [0.15, 0.2) is 0 Å². The standard InChI is InChI=1S/C27H35N3.2C3H6O3/c1-3-30(4-2)25-12-10-23(11-13-25)26(22-8-6-5-7-9-22)24-14-16-27(17-15-24,18-20-28)19-21-29;2*1-2(4)3(5)6/h5-17H,3-4,18-21,28-29H2,1-2H3;2*2,4H,1H3,(H,5,6). The van der Waals surface area contributed by atoms with Crippen LogP contribution in [0.5, 0.6) is 0 Å². The third kappa shape index (κ3) is 11.6. The highest BCUT2D eigenvalue weighted by atomic mass is 16.4. The summed E-state index contributed by atoms with van der Waals surface area (Å²) in [5.41, 5.74) is 14.6. The van der Waals surface area contributed by atoms with Crippen molar-refractivity contribution in [3.05, 3.63) is 95.6 Å². The molecule has 42 heavy (non-hydrogen) atoms. The van der Waals surface area contributed by atoms with Crippen LogP contribution in [0.3, 0.4) is 0 Å². The van der Waals surface area contributed by atoms with E-state index in [1.807, 2.05) is 0 Å². The van der Waals surface area contributed by atoms with Gasteiger partial charge in [-0.1, -0.05) is 66.8 Å². The fourth-order valence-electron chi connectivity index (χ4n) is 4.44. The molecule has 0 saturated heterocycles. The molecule has 2 atom stereocenters. The number of anilines is 1. The maximum absolute atomic E-state index is 9.34. The molecular weight excluding hydrogens is 534 g/mol. The van der Waals surface area contributed by atoms with Crippen molar-refractivity contribution in [2.24, 2.45) is 5.41 Å². The summed E-state index contributed by atoms with van der Waals surface area (Å²) < 4.78 is 0. The minimum atomic E-state index is -1.44. The second kappa shape index (κ2) is 18.6. The highest BCUT2D eigenvalue weighted by Gasteiger charge is 2.27. The number of benzene rings is 2. The highest BCUT2D eigenvalue weighted by Crippen LogP contribution is 2.37. The first kappa shape index (κ1) is 36.3. The van der Waals surface area contributed by atoms with Crippen LogP contribution in [0.2, 0.25) is 0 Å². The smallest absolute Gasteiger partial charge is 0.0905 e. The van der Waals surface area contributed by atoms with E-state index in [0.29, 0.717) is 0 Å².